The number of rotatable bonds is 1. The van der Waals surface area contributed by atoms with Gasteiger partial charge in [-0.3, -0.25) is 0 Å². The normalized spacial score (nSPS) is 26.8. The highest BCUT2D eigenvalue weighted by Crippen LogP contribution is 2.35. The van der Waals surface area contributed by atoms with E-state index >= 15 is 0 Å². The fourth-order valence-electron chi connectivity index (χ4n) is 0.470. The third-order valence-electron chi connectivity index (χ3n) is 1.09. The van der Waals surface area contributed by atoms with Gasteiger partial charge in [0, 0.05) is 0 Å². The van der Waals surface area contributed by atoms with Gasteiger partial charge in [-0.1, -0.05) is 5.87 Å². The van der Waals surface area contributed by atoms with Crippen molar-refractivity contribution in [1.29, 1.82) is 0 Å². The van der Waals surface area contributed by atoms with Crippen molar-refractivity contribution < 1.29 is 0 Å². The van der Waals surface area contributed by atoms with Gasteiger partial charge in [-0.2, -0.15) is 10.5 Å². The minimum absolute atomic E-state index is 0.494. The van der Waals surface area contributed by atoms with Crippen molar-refractivity contribution in [3.05, 3.63) is 0 Å². The Morgan fingerprint density at radius 1 is 1.67 bits per heavy atom. The smallest absolute Gasteiger partial charge is 0.000988 e. The number of hydrogen-bond acceptors (Lipinski definition) is 0. The van der Waals surface area contributed by atoms with Crippen molar-refractivity contribution >= 4 is 16.4 Å². The number of hydrogen-bond donors (Lipinski definition) is 0. The first kappa shape index (κ1) is 4.38. The van der Waals surface area contributed by atoms with E-state index in [0.717, 1.165) is 5.25 Å². The van der Waals surface area contributed by atoms with Gasteiger partial charge in [-0.15, -0.1) is 0 Å². The molecule has 36 valence electrons. The minimum atomic E-state index is 0.494. The highest BCUT2D eigenvalue weighted by atomic mass is 32.2. The maximum absolute atomic E-state index is 3.93. The van der Waals surface area contributed by atoms with E-state index in [1.807, 2.05) is 0 Å². The Kier molecular flexibility index (Phi) is 1.00. The first-order valence-corrected chi connectivity index (χ1v) is 4.11. The fourth-order valence-corrected chi connectivity index (χ4v) is 1.41. The molecule has 0 aromatic heterocycles. The Hall–Kier alpha value is 0.220. The average Bonchev–Trinajstić information content (AvgIpc) is 2.06. The summed E-state index contributed by atoms with van der Waals surface area (Å²) < 4.78 is 0. The Bertz CT molecular complexity index is 72.0. The summed E-state index contributed by atoms with van der Waals surface area (Å²) in [5, 5.41) is 1.02. The second kappa shape index (κ2) is 1.38. The van der Waals surface area contributed by atoms with Crippen molar-refractivity contribution in [2.45, 2.75) is 18.1 Å². The van der Waals surface area contributed by atoms with Gasteiger partial charge in [0.1, 0.15) is 0 Å². The summed E-state index contributed by atoms with van der Waals surface area (Å²) >= 11 is 0. The van der Waals surface area contributed by atoms with Gasteiger partial charge in [-0.25, -0.2) is 0 Å². The van der Waals surface area contributed by atoms with Crippen LogP contribution in [0.4, 0.5) is 0 Å². The summed E-state index contributed by atoms with van der Waals surface area (Å²) in [6.45, 7) is 0. The van der Waals surface area contributed by atoms with E-state index in [9.17, 15) is 0 Å². The van der Waals surface area contributed by atoms with E-state index in [4.69, 9.17) is 0 Å². The lowest BCUT2D eigenvalue weighted by atomic mass is 11.0. The predicted octanol–water partition coefficient (Wildman–Crippen LogP) is 1.48. The van der Waals surface area contributed by atoms with Gasteiger partial charge >= 0.3 is 0 Å². The molecule has 1 heteroatoms. The summed E-state index contributed by atoms with van der Waals surface area (Å²) in [6.07, 6.45) is 5.11. The zero-order valence-electron chi connectivity index (χ0n) is 4.11. The van der Waals surface area contributed by atoms with E-state index in [0.29, 0.717) is 10.5 Å². The first-order chi connectivity index (χ1) is 2.80. The zero-order chi connectivity index (χ0) is 4.57. The zero-order valence-corrected chi connectivity index (χ0v) is 4.92. The lowest BCUT2D eigenvalue weighted by Crippen LogP contribution is -1.68. The second-order valence-electron chi connectivity index (χ2n) is 1.89. The van der Waals surface area contributed by atoms with Crippen LogP contribution in [0.5, 0.6) is 0 Å². The summed E-state index contributed by atoms with van der Waals surface area (Å²) in [4.78, 5) is 0. The molecule has 0 N–H and O–H groups in total. The van der Waals surface area contributed by atoms with Crippen LogP contribution in [-0.4, -0.2) is 17.4 Å². The van der Waals surface area contributed by atoms with Gasteiger partial charge in [0.05, 0.1) is 0 Å². The van der Waals surface area contributed by atoms with Crippen molar-refractivity contribution in [2.75, 3.05) is 6.26 Å². The largest absolute Gasteiger partial charge is 0.193 e. The Morgan fingerprint density at radius 2 is 2.17 bits per heavy atom. The molecular weight excluding hydrogens is 92.1 g/mol. The summed E-state index contributed by atoms with van der Waals surface area (Å²) in [5.41, 5.74) is 0. The molecule has 1 aliphatic rings. The van der Waals surface area contributed by atoms with Gasteiger partial charge in [-0.05, 0) is 24.3 Å². The average molecular weight is 102 g/mol. The molecule has 6 heavy (non-hydrogen) atoms. The summed E-state index contributed by atoms with van der Waals surface area (Å²) in [6, 6.07) is 0. The molecule has 0 aliphatic heterocycles. The first-order valence-electron chi connectivity index (χ1n) is 2.25. The Balaban J connectivity index is 2.31. The van der Waals surface area contributed by atoms with Crippen molar-refractivity contribution in [1.82, 2.24) is 0 Å². The van der Waals surface area contributed by atoms with Gasteiger partial charge in [0.15, 0.2) is 0 Å². The van der Waals surface area contributed by atoms with Crippen molar-refractivity contribution in [3.8, 4) is 0 Å². The molecule has 0 aromatic rings. The highest BCUT2D eigenvalue weighted by molar-refractivity contribution is 8.14. The molecule has 0 saturated heterocycles. The van der Waals surface area contributed by atoms with Crippen molar-refractivity contribution in [3.63, 3.8) is 0 Å². The molecular formula is C5H10S. The van der Waals surface area contributed by atoms with Crippen molar-refractivity contribution in [2.24, 2.45) is 0 Å². The molecule has 0 aromatic carbocycles. The SMILES string of the molecule is C=S(C)C1CC1. The van der Waals surface area contributed by atoms with E-state index in [-0.39, 0.29) is 0 Å². The van der Waals surface area contributed by atoms with Gasteiger partial charge in [0.25, 0.3) is 0 Å². The molecule has 1 aliphatic carbocycles. The molecule has 1 fully saturated rings. The molecule has 1 saturated carbocycles. The summed E-state index contributed by atoms with van der Waals surface area (Å²) in [7, 11) is 0.494. The highest BCUT2D eigenvalue weighted by Gasteiger charge is 2.20. The fraction of sp³-hybridized carbons (Fsp3) is 0.800. The Labute approximate surface area is 41.5 Å². The predicted molar refractivity (Wildman–Crippen MR) is 33.7 cm³/mol. The summed E-state index contributed by atoms with van der Waals surface area (Å²) in [5.74, 6) is 3.93. The topological polar surface area (TPSA) is 0 Å². The molecule has 0 spiro atoms. The van der Waals surface area contributed by atoms with Crippen LogP contribution in [0.3, 0.4) is 0 Å². The monoisotopic (exact) mass is 102 g/mol. The van der Waals surface area contributed by atoms with E-state index in [2.05, 4.69) is 12.1 Å². The van der Waals surface area contributed by atoms with Crippen LogP contribution in [0, 0.1) is 0 Å². The lowest BCUT2D eigenvalue weighted by Gasteiger charge is -1.87. The molecule has 0 heterocycles. The van der Waals surface area contributed by atoms with Crippen LogP contribution >= 0.6 is 10.5 Å². The van der Waals surface area contributed by atoms with Gasteiger partial charge in [0.2, 0.25) is 0 Å². The quantitative estimate of drug-likeness (QED) is 0.440. The maximum atomic E-state index is 3.93. The molecule has 0 nitrogen and oxygen atoms in total. The maximum Gasteiger partial charge on any atom is -0.000988 e. The Morgan fingerprint density at radius 3 is 2.17 bits per heavy atom. The van der Waals surface area contributed by atoms with Crippen LogP contribution in [0.15, 0.2) is 0 Å². The van der Waals surface area contributed by atoms with Crippen LogP contribution < -0.4 is 0 Å². The second-order valence-corrected chi connectivity index (χ2v) is 3.94. The van der Waals surface area contributed by atoms with Crippen LogP contribution in [0.25, 0.3) is 0 Å². The van der Waals surface area contributed by atoms with E-state index < -0.39 is 0 Å². The van der Waals surface area contributed by atoms with Crippen LogP contribution in [-0.2, 0) is 0 Å². The van der Waals surface area contributed by atoms with E-state index in [1.165, 1.54) is 12.8 Å². The lowest BCUT2D eigenvalue weighted by molar-refractivity contribution is 1.50. The minimum Gasteiger partial charge on any atom is -0.193 e. The van der Waals surface area contributed by atoms with Crippen LogP contribution in [0.1, 0.15) is 12.8 Å². The molecule has 1 rings (SSSR count). The standard InChI is InChI=1S/C5H10S/c1-6(2)5-3-4-5/h5H,1,3-4H2,2H3. The molecule has 1 atom stereocenters. The molecule has 0 amide bonds. The van der Waals surface area contributed by atoms with Crippen LogP contribution in [0.2, 0.25) is 0 Å². The molecule has 0 bridgehead atoms. The van der Waals surface area contributed by atoms with Gasteiger partial charge < -0.3 is 0 Å². The molecule has 1 unspecified atom stereocenters. The third kappa shape index (κ3) is 0.839. The van der Waals surface area contributed by atoms with E-state index in [1.54, 1.807) is 0 Å². The molecule has 0 radical (unpaired) electrons. The third-order valence-corrected chi connectivity index (χ3v) is 2.70.